The summed E-state index contributed by atoms with van der Waals surface area (Å²) >= 11 is 0. The molecule has 0 bridgehead atoms. The summed E-state index contributed by atoms with van der Waals surface area (Å²) in [6, 6.07) is 5.59. The first kappa shape index (κ1) is 25.4. The van der Waals surface area contributed by atoms with Crippen LogP contribution in [0.15, 0.2) is 66.7 Å². The lowest BCUT2D eigenvalue weighted by Crippen LogP contribution is -2.12. The van der Waals surface area contributed by atoms with E-state index in [1.165, 1.54) is 0 Å². The van der Waals surface area contributed by atoms with Crippen LogP contribution in [0.5, 0.6) is 0 Å². The molecule has 35 heavy (non-hydrogen) atoms. The number of pyridine rings is 2. The van der Waals surface area contributed by atoms with E-state index in [2.05, 4.69) is 25.7 Å². The molecule has 0 aliphatic heterocycles. The van der Waals surface area contributed by atoms with E-state index in [0.29, 0.717) is 47.2 Å². The van der Waals surface area contributed by atoms with Crippen LogP contribution in [0.1, 0.15) is 25.0 Å². The standard InChI is InChI=1S/C25H33N9O/c1-16(2)17(11-26)10-23(27)33-24-6-5-21-22(32-24)9-18(12-30-21)20(14-29-3)25(28)19-13-31-34(15-19)7-8-35-4/h5-6,9-16,28-29H,7-8,26-27H2,1-4H3,(H,32,33)/b17-11+,20-14-,23-10+,28-25?. The van der Waals surface area contributed by atoms with Gasteiger partial charge in [-0.25, -0.2) is 4.98 Å². The van der Waals surface area contributed by atoms with Gasteiger partial charge in [0.25, 0.3) is 0 Å². The van der Waals surface area contributed by atoms with E-state index in [4.69, 9.17) is 21.6 Å². The number of rotatable bonds is 11. The van der Waals surface area contributed by atoms with Gasteiger partial charge < -0.3 is 26.8 Å². The lowest BCUT2D eigenvalue weighted by Gasteiger charge is -2.11. The second kappa shape index (κ2) is 11.8. The zero-order valence-corrected chi connectivity index (χ0v) is 20.5. The average molecular weight is 476 g/mol. The molecule has 3 rings (SSSR count). The zero-order chi connectivity index (χ0) is 25.4. The fourth-order valence-corrected chi connectivity index (χ4v) is 3.39. The molecule has 0 saturated heterocycles. The maximum absolute atomic E-state index is 8.79. The Kier molecular flexibility index (Phi) is 8.58. The molecule has 0 atom stereocenters. The van der Waals surface area contributed by atoms with Crippen LogP contribution >= 0.6 is 0 Å². The van der Waals surface area contributed by atoms with Gasteiger partial charge in [0.2, 0.25) is 0 Å². The highest BCUT2D eigenvalue weighted by Gasteiger charge is 2.14. The molecule has 10 nitrogen and oxygen atoms in total. The number of hydrogen-bond acceptors (Lipinski definition) is 9. The van der Waals surface area contributed by atoms with Crippen LogP contribution in [0.3, 0.4) is 0 Å². The molecule has 0 unspecified atom stereocenters. The van der Waals surface area contributed by atoms with Crippen molar-refractivity contribution in [3.8, 4) is 0 Å². The minimum Gasteiger partial charge on any atom is -0.404 e. The second-order valence-corrected chi connectivity index (χ2v) is 8.21. The van der Waals surface area contributed by atoms with Crippen LogP contribution < -0.4 is 22.1 Å². The SMILES string of the molecule is CN/C=C(\C(=N)c1cnn(CCOC)c1)c1cnc2ccc(N/C(N)=C/C(=C\N)C(C)C)nc2c1. The number of anilines is 1. The van der Waals surface area contributed by atoms with Crippen molar-refractivity contribution in [3.63, 3.8) is 0 Å². The van der Waals surface area contributed by atoms with Gasteiger partial charge in [-0.15, -0.1) is 0 Å². The number of allylic oxidation sites excluding steroid dienone is 3. The Hall–Kier alpha value is -4.18. The van der Waals surface area contributed by atoms with E-state index in [9.17, 15) is 0 Å². The molecule has 0 radical (unpaired) electrons. The van der Waals surface area contributed by atoms with Crippen molar-refractivity contribution in [3.05, 3.63) is 77.8 Å². The summed E-state index contributed by atoms with van der Waals surface area (Å²) in [6.07, 6.45) is 10.4. The van der Waals surface area contributed by atoms with Crippen LogP contribution in [0.25, 0.3) is 16.6 Å². The Bertz CT molecular complexity index is 1270. The number of hydrogen-bond donors (Lipinski definition) is 5. The smallest absolute Gasteiger partial charge is 0.132 e. The normalized spacial score (nSPS) is 12.9. The summed E-state index contributed by atoms with van der Waals surface area (Å²) in [5.74, 6) is 1.27. The lowest BCUT2D eigenvalue weighted by atomic mass is 9.99. The van der Waals surface area contributed by atoms with Gasteiger partial charge in [-0.1, -0.05) is 13.8 Å². The number of nitrogens with one attached hydrogen (secondary N) is 3. The average Bonchev–Trinajstić information content (AvgIpc) is 3.32. The van der Waals surface area contributed by atoms with Crippen LogP contribution in [-0.2, 0) is 11.3 Å². The Balaban J connectivity index is 1.89. The van der Waals surface area contributed by atoms with Crippen LogP contribution in [0, 0.1) is 11.3 Å². The molecule has 3 heterocycles. The highest BCUT2D eigenvalue weighted by Crippen LogP contribution is 2.23. The third-order valence-electron chi connectivity index (χ3n) is 5.31. The van der Waals surface area contributed by atoms with Crippen molar-refractivity contribution in [1.82, 2.24) is 25.1 Å². The van der Waals surface area contributed by atoms with E-state index in [1.54, 1.807) is 49.7 Å². The van der Waals surface area contributed by atoms with E-state index in [0.717, 1.165) is 16.7 Å². The summed E-state index contributed by atoms with van der Waals surface area (Å²) < 4.78 is 6.86. The molecule has 0 aliphatic rings. The molecule has 10 heteroatoms. The Labute approximate surface area is 205 Å². The number of ether oxygens (including phenoxy) is 1. The molecule has 0 spiro atoms. The summed E-state index contributed by atoms with van der Waals surface area (Å²) in [6.45, 7) is 5.25. The largest absolute Gasteiger partial charge is 0.404 e. The Morgan fingerprint density at radius 3 is 2.71 bits per heavy atom. The van der Waals surface area contributed by atoms with Crippen molar-refractivity contribution >= 4 is 28.1 Å². The molecule has 184 valence electrons. The van der Waals surface area contributed by atoms with Crippen molar-refractivity contribution < 1.29 is 4.74 Å². The molecule has 0 aliphatic carbocycles. The van der Waals surface area contributed by atoms with Crippen LogP contribution in [0.2, 0.25) is 0 Å². The molecular formula is C25H33N9O. The summed E-state index contributed by atoms with van der Waals surface area (Å²) in [5.41, 5.74) is 16.6. The minimum atomic E-state index is 0.247. The highest BCUT2D eigenvalue weighted by molar-refractivity contribution is 6.30. The predicted molar refractivity (Wildman–Crippen MR) is 141 cm³/mol. The van der Waals surface area contributed by atoms with Crippen molar-refractivity contribution in [2.45, 2.75) is 20.4 Å². The van der Waals surface area contributed by atoms with Gasteiger partial charge in [0.15, 0.2) is 0 Å². The van der Waals surface area contributed by atoms with Crippen LogP contribution in [0.4, 0.5) is 5.82 Å². The first-order valence-corrected chi connectivity index (χ1v) is 11.3. The van der Waals surface area contributed by atoms with Crippen molar-refractivity contribution in [1.29, 1.82) is 5.41 Å². The molecule has 3 aromatic heterocycles. The Morgan fingerprint density at radius 2 is 2.03 bits per heavy atom. The van der Waals surface area contributed by atoms with Crippen LogP contribution in [-0.4, -0.2) is 46.2 Å². The van der Waals surface area contributed by atoms with E-state index >= 15 is 0 Å². The van der Waals surface area contributed by atoms with Gasteiger partial charge in [0, 0.05) is 49.5 Å². The van der Waals surface area contributed by atoms with Gasteiger partial charge in [0.05, 0.1) is 36.1 Å². The monoisotopic (exact) mass is 475 g/mol. The zero-order valence-electron chi connectivity index (χ0n) is 20.5. The van der Waals surface area contributed by atoms with Crippen molar-refractivity contribution in [2.75, 3.05) is 26.1 Å². The molecule has 0 amide bonds. The quantitative estimate of drug-likeness (QED) is 0.210. The minimum absolute atomic E-state index is 0.247. The Morgan fingerprint density at radius 1 is 1.23 bits per heavy atom. The lowest BCUT2D eigenvalue weighted by molar-refractivity contribution is 0.183. The first-order valence-electron chi connectivity index (χ1n) is 11.3. The first-order chi connectivity index (χ1) is 16.9. The van der Waals surface area contributed by atoms with Crippen molar-refractivity contribution in [2.24, 2.45) is 17.4 Å². The summed E-state index contributed by atoms with van der Waals surface area (Å²) in [4.78, 5) is 9.22. The molecule has 3 aromatic rings. The molecule has 0 saturated carbocycles. The summed E-state index contributed by atoms with van der Waals surface area (Å²) in [7, 11) is 3.44. The molecule has 0 fully saturated rings. The van der Waals surface area contributed by atoms with E-state index in [-0.39, 0.29) is 5.92 Å². The fourth-order valence-electron chi connectivity index (χ4n) is 3.39. The third-order valence-corrected chi connectivity index (χ3v) is 5.31. The number of nitrogens with two attached hydrogens (primary N) is 2. The number of aromatic nitrogens is 4. The number of fused-ring (bicyclic) bond motifs is 1. The number of nitrogens with zero attached hydrogens (tertiary/aromatic N) is 4. The molecule has 7 N–H and O–H groups in total. The summed E-state index contributed by atoms with van der Waals surface area (Å²) in [5, 5.41) is 19.2. The van der Waals surface area contributed by atoms with Gasteiger partial charge in [0.1, 0.15) is 11.6 Å². The van der Waals surface area contributed by atoms with Gasteiger partial charge in [-0.05, 0) is 42.0 Å². The maximum atomic E-state index is 8.79. The van der Waals surface area contributed by atoms with Gasteiger partial charge >= 0.3 is 0 Å². The number of methoxy groups -OCH3 is 1. The van der Waals surface area contributed by atoms with E-state index < -0.39 is 0 Å². The van der Waals surface area contributed by atoms with E-state index in [1.807, 2.05) is 38.2 Å². The van der Waals surface area contributed by atoms with Gasteiger partial charge in [-0.3, -0.25) is 15.1 Å². The highest BCUT2D eigenvalue weighted by atomic mass is 16.5. The molecular weight excluding hydrogens is 442 g/mol. The second-order valence-electron chi connectivity index (χ2n) is 8.21. The van der Waals surface area contributed by atoms with Gasteiger partial charge in [-0.2, -0.15) is 5.10 Å². The maximum Gasteiger partial charge on any atom is 0.132 e. The molecule has 0 aromatic carbocycles. The predicted octanol–water partition coefficient (Wildman–Crippen LogP) is 2.81. The topological polar surface area (TPSA) is 153 Å². The fraction of sp³-hybridized carbons (Fsp3) is 0.280. The third kappa shape index (κ3) is 6.45.